The molecule has 1 atom stereocenters. The number of halogens is 3. The van der Waals surface area contributed by atoms with Gasteiger partial charge < -0.3 is 5.32 Å². The number of sulfone groups is 1. The molecule has 0 bridgehead atoms. The second kappa shape index (κ2) is 7.51. The highest BCUT2D eigenvalue weighted by atomic mass is 79.9. The van der Waals surface area contributed by atoms with Crippen molar-refractivity contribution in [1.29, 1.82) is 0 Å². The predicted octanol–water partition coefficient (Wildman–Crippen LogP) is 3.85. The number of hydrogen-bond donors (Lipinski definition) is 1. The van der Waals surface area contributed by atoms with Crippen LogP contribution in [0.5, 0.6) is 0 Å². The van der Waals surface area contributed by atoms with E-state index >= 15 is 0 Å². The Balaban J connectivity index is 1.95. The summed E-state index contributed by atoms with van der Waals surface area (Å²) in [4.78, 5) is 0.253. The number of benzene rings is 2. The van der Waals surface area contributed by atoms with Crippen LogP contribution in [0.2, 0.25) is 0 Å². The summed E-state index contributed by atoms with van der Waals surface area (Å²) in [5.41, 5.74) is 0.560. The molecule has 2 rings (SSSR count). The van der Waals surface area contributed by atoms with Crippen LogP contribution in [0.4, 0.5) is 8.78 Å². The number of nitrogens with one attached hydrogen (secondary N) is 1. The Hall–Kier alpha value is -1.31. The second-order valence-corrected chi connectivity index (χ2v) is 8.15. The smallest absolute Gasteiger partial charge is 0.179 e. The van der Waals surface area contributed by atoms with E-state index in [4.69, 9.17) is 0 Å². The monoisotopic (exact) mass is 403 g/mol. The van der Waals surface area contributed by atoms with Gasteiger partial charge in [0.1, 0.15) is 0 Å². The lowest BCUT2D eigenvalue weighted by Crippen LogP contribution is -2.26. The van der Waals surface area contributed by atoms with Crippen LogP contribution in [-0.4, -0.2) is 20.7 Å². The zero-order chi connectivity index (χ0) is 17.0. The van der Waals surface area contributed by atoms with E-state index in [0.29, 0.717) is 5.56 Å². The van der Waals surface area contributed by atoms with Crippen LogP contribution in [0.3, 0.4) is 0 Å². The van der Waals surface area contributed by atoms with Crippen LogP contribution in [0.25, 0.3) is 0 Å². The standard InChI is InChI=1S/C16H16BrF2NO2S/c1-11(12-2-7-15(18)16(19)10-12)20-8-9-23(21,22)14-5-3-13(17)4-6-14/h2-7,10-11,20H,8-9H2,1H3/t11-/m1/s1. The van der Waals surface area contributed by atoms with Gasteiger partial charge in [0.15, 0.2) is 21.5 Å². The van der Waals surface area contributed by atoms with Gasteiger partial charge in [-0.15, -0.1) is 0 Å². The summed E-state index contributed by atoms with van der Waals surface area (Å²) >= 11 is 3.26. The minimum atomic E-state index is -3.39. The molecule has 0 spiro atoms. The van der Waals surface area contributed by atoms with Gasteiger partial charge in [0, 0.05) is 17.1 Å². The molecular formula is C16H16BrF2NO2S. The lowest BCUT2D eigenvalue weighted by molar-refractivity contribution is 0.502. The average molecular weight is 404 g/mol. The number of hydrogen-bond acceptors (Lipinski definition) is 3. The van der Waals surface area contributed by atoms with Gasteiger partial charge >= 0.3 is 0 Å². The van der Waals surface area contributed by atoms with E-state index in [1.165, 1.54) is 18.2 Å². The summed E-state index contributed by atoms with van der Waals surface area (Å²) in [5.74, 6) is -1.90. The van der Waals surface area contributed by atoms with Crippen molar-refractivity contribution >= 4 is 25.8 Å². The molecule has 0 aliphatic rings. The molecule has 0 aliphatic carbocycles. The molecule has 23 heavy (non-hydrogen) atoms. The minimum Gasteiger partial charge on any atom is -0.309 e. The number of rotatable bonds is 6. The van der Waals surface area contributed by atoms with Crippen LogP contribution in [0, 0.1) is 11.6 Å². The Morgan fingerprint density at radius 2 is 1.74 bits per heavy atom. The quantitative estimate of drug-likeness (QED) is 0.796. The fourth-order valence-electron chi connectivity index (χ4n) is 2.07. The summed E-state index contributed by atoms with van der Waals surface area (Å²) < 4.78 is 51.3. The molecule has 0 aromatic heterocycles. The Bertz CT molecular complexity index is 779. The molecule has 0 saturated heterocycles. The molecule has 0 fully saturated rings. The summed E-state index contributed by atoms with van der Waals surface area (Å²) in [6.07, 6.45) is 0. The van der Waals surface area contributed by atoms with Crippen molar-refractivity contribution in [1.82, 2.24) is 5.32 Å². The second-order valence-electron chi connectivity index (χ2n) is 5.12. The van der Waals surface area contributed by atoms with Gasteiger partial charge in [0.2, 0.25) is 0 Å². The van der Waals surface area contributed by atoms with Crippen molar-refractivity contribution < 1.29 is 17.2 Å². The van der Waals surface area contributed by atoms with Gasteiger partial charge in [-0.3, -0.25) is 0 Å². The molecule has 0 heterocycles. The molecular weight excluding hydrogens is 388 g/mol. The molecule has 2 aromatic rings. The van der Waals surface area contributed by atoms with Crippen LogP contribution >= 0.6 is 15.9 Å². The molecule has 124 valence electrons. The average Bonchev–Trinajstić information content (AvgIpc) is 2.50. The van der Waals surface area contributed by atoms with E-state index in [-0.39, 0.29) is 23.2 Å². The molecule has 7 heteroatoms. The zero-order valence-electron chi connectivity index (χ0n) is 12.4. The maximum atomic E-state index is 13.2. The first kappa shape index (κ1) is 18.0. The Morgan fingerprint density at radius 3 is 2.35 bits per heavy atom. The van der Waals surface area contributed by atoms with E-state index in [1.54, 1.807) is 19.1 Å². The lowest BCUT2D eigenvalue weighted by atomic mass is 10.1. The van der Waals surface area contributed by atoms with Crippen molar-refractivity contribution in [2.45, 2.75) is 17.9 Å². The first-order valence-corrected chi connectivity index (χ1v) is 9.41. The zero-order valence-corrected chi connectivity index (χ0v) is 14.8. The van der Waals surface area contributed by atoms with Gasteiger partial charge in [0.25, 0.3) is 0 Å². The van der Waals surface area contributed by atoms with Gasteiger partial charge in [-0.1, -0.05) is 22.0 Å². The van der Waals surface area contributed by atoms with Crippen LogP contribution in [0.15, 0.2) is 51.8 Å². The molecule has 2 aromatic carbocycles. The molecule has 0 aliphatic heterocycles. The van der Waals surface area contributed by atoms with E-state index in [9.17, 15) is 17.2 Å². The van der Waals surface area contributed by atoms with E-state index in [1.807, 2.05) is 0 Å². The fraction of sp³-hybridized carbons (Fsp3) is 0.250. The molecule has 1 N–H and O–H groups in total. The highest BCUT2D eigenvalue weighted by molar-refractivity contribution is 9.10. The summed E-state index contributed by atoms with van der Waals surface area (Å²) in [5, 5.41) is 3.01. The van der Waals surface area contributed by atoms with Crippen LogP contribution in [0.1, 0.15) is 18.5 Å². The Morgan fingerprint density at radius 1 is 1.09 bits per heavy atom. The highest BCUT2D eigenvalue weighted by Gasteiger charge is 2.15. The van der Waals surface area contributed by atoms with E-state index in [2.05, 4.69) is 21.2 Å². The first-order chi connectivity index (χ1) is 10.8. The third-order valence-electron chi connectivity index (χ3n) is 3.44. The largest absolute Gasteiger partial charge is 0.309 e. The van der Waals surface area contributed by atoms with Crippen molar-refractivity contribution in [2.75, 3.05) is 12.3 Å². The van der Waals surface area contributed by atoms with E-state index < -0.39 is 21.5 Å². The molecule has 0 radical (unpaired) electrons. The maximum Gasteiger partial charge on any atom is 0.179 e. The van der Waals surface area contributed by atoms with Gasteiger partial charge in [-0.05, 0) is 48.9 Å². The molecule has 3 nitrogen and oxygen atoms in total. The molecule has 0 saturated carbocycles. The third-order valence-corrected chi connectivity index (χ3v) is 5.70. The maximum absolute atomic E-state index is 13.2. The fourth-order valence-corrected chi connectivity index (χ4v) is 3.51. The lowest BCUT2D eigenvalue weighted by Gasteiger charge is -2.14. The topological polar surface area (TPSA) is 46.2 Å². The third kappa shape index (κ3) is 4.83. The Labute approximate surface area is 142 Å². The van der Waals surface area contributed by atoms with Crippen molar-refractivity contribution in [3.63, 3.8) is 0 Å². The molecule has 0 unspecified atom stereocenters. The van der Waals surface area contributed by atoms with Crippen LogP contribution < -0.4 is 5.32 Å². The normalized spacial score (nSPS) is 13.0. The van der Waals surface area contributed by atoms with Gasteiger partial charge in [0.05, 0.1) is 10.6 Å². The molecule has 0 amide bonds. The SMILES string of the molecule is C[C@@H](NCCS(=O)(=O)c1ccc(Br)cc1)c1ccc(F)c(F)c1. The van der Waals surface area contributed by atoms with Crippen molar-refractivity contribution in [3.05, 3.63) is 64.1 Å². The summed E-state index contributed by atoms with van der Waals surface area (Å²) in [6.45, 7) is 1.97. The van der Waals surface area contributed by atoms with Gasteiger partial charge in [-0.25, -0.2) is 17.2 Å². The first-order valence-electron chi connectivity index (χ1n) is 6.96. The highest BCUT2D eigenvalue weighted by Crippen LogP contribution is 2.17. The van der Waals surface area contributed by atoms with E-state index in [0.717, 1.165) is 16.6 Å². The van der Waals surface area contributed by atoms with Gasteiger partial charge in [-0.2, -0.15) is 0 Å². The van der Waals surface area contributed by atoms with Crippen LogP contribution in [-0.2, 0) is 9.84 Å². The summed E-state index contributed by atoms with van der Waals surface area (Å²) in [7, 11) is -3.39. The summed E-state index contributed by atoms with van der Waals surface area (Å²) in [6, 6.07) is 9.77. The Kier molecular flexibility index (Phi) is 5.89. The minimum absolute atomic E-state index is 0.0807. The predicted molar refractivity (Wildman–Crippen MR) is 89.0 cm³/mol. The van der Waals surface area contributed by atoms with Crippen molar-refractivity contribution in [2.24, 2.45) is 0 Å². The van der Waals surface area contributed by atoms with Crippen molar-refractivity contribution in [3.8, 4) is 0 Å².